The van der Waals surface area contributed by atoms with Crippen LogP contribution < -0.4 is 18.9 Å². The highest BCUT2D eigenvalue weighted by atomic mass is 32.2. The Kier molecular flexibility index (Phi) is 5.12. The molecule has 0 aliphatic heterocycles. The average molecular weight is 402 g/mol. The fourth-order valence-corrected chi connectivity index (χ4v) is 2.90. The first kappa shape index (κ1) is 18.8. The normalized spacial score (nSPS) is 11.5. The smallest absolute Gasteiger partial charge is 0.417 e. The Morgan fingerprint density at radius 1 is 1.11 bits per heavy atom. The molecule has 0 spiro atoms. The van der Waals surface area contributed by atoms with Crippen molar-refractivity contribution in [3.05, 3.63) is 23.9 Å². The van der Waals surface area contributed by atoms with Gasteiger partial charge in [-0.2, -0.15) is 27.7 Å². The van der Waals surface area contributed by atoms with Gasteiger partial charge in [0.05, 0.1) is 33.0 Å². The summed E-state index contributed by atoms with van der Waals surface area (Å²) in [6.07, 6.45) is -3.55. The van der Waals surface area contributed by atoms with Gasteiger partial charge in [-0.3, -0.25) is 4.72 Å². The Morgan fingerprint density at radius 2 is 1.89 bits per heavy atom. The second kappa shape index (κ2) is 7.34. The molecule has 0 unspecified atom stereocenters. The third kappa shape index (κ3) is 3.77. The molecular weight excluding hydrogens is 389 g/mol. The van der Waals surface area contributed by atoms with Gasteiger partial charge in [-0.15, -0.1) is 5.10 Å². The molecule has 3 heterocycles. The maximum Gasteiger partial charge on any atom is 0.417 e. The SMILES string of the molecule is COc1cc(OC)n2nc(NSc3c(C(F)(F)F)ccnc3OC)nc2n1. The number of fused-ring (bicyclic) bond motifs is 1. The molecule has 3 rings (SSSR count). The molecule has 0 fully saturated rings. The van der Waals surface area contributed by atoms with E-state index >= 15 is 0 Å². The Bertz CT molecular complexity index is 965. The lowest BCUT2D eigenvalue weighted by atomic mass is 10.2. The standard InChI is InChI=1S/C14H13F3N6O3S/c1-24-8-6-9(25-2)23-13(19-8)20-12(21-23)22-27-10-7(14(15,16)17)4-5-18-11(10)26-3/h4-6H,1-3H3,(H,21,22). The number of anilines is 1. The van der Waals surface area contributed by atoms with Crippen LogP contribution in [0.15, 0.2) is 23.2 Å². The van der Waals surface area contributed by atoms with E-state index in [-0.39, 0.29) is 34.3 Å². The summed E-state index contributed by atoms with van der Waals surface area (Å²) in [7, 11) is 4.08. The van der Waals surface area contributed by atoms with Crippen molar-refractivity contribution in [3.63, 3.8) is 0 Å². The van der Waals surface area contributed by atoms with Crippen molar-refractivity contribution < 1.29 is 27.4 Å². The van der Waals surface area contributed by atoms with Crippen molar-refractivity contribution in [2.45, 2.75) is 11.1 Å². The summed E-state index contributed by atoms with van der Waals surface area (Å²) >= 11 is 0.621. The van der Waals surface area contributed by atoms with Crippen LogP contribution in [0.3, 0.4) is 0 Å². The van der Waals surface area contributed by atoms with Crippen molar-refractivity contribution in [2.24, 2.45) is 0 Å². The van der Waals surface area contributed by atoms with Gasteiger partial charge in [0.2, 0.25) is 17.6 Å². The van der Waals surface area contributed by atoms with Gasteiger partial charge in [-0.1, -0.05) is 0 Å². The molecule has 144 valence electrons. The number of pyridine rings is 1. The number of alkyl halides is 3. The monoisotopic (exact) mass is 402 g/mol. The van der Waals surface area contributed by atoms with Gasteiger partial charge >= 0.3 is 6.18 Å². The third-order valence-corrected chi connectivity index (χ3v) is 4.17. The molecule has 3 aromatic rings. The maximum absolute atomic E-state index is 13.2. The molecule has 0 amide bonds. The molecule has 3 aromatic heterocycles. The van der Waals surface area contributed by atoms with E-state index in [9.17, 15) is 13.2 Å². The Balaban J connectivity index is 1.94. The fourth-order valence-electron chi connectivity index (χ4n) is 2.11. The average Bonchev–Trinajstić information content (AvgIpc) is 3.07. The number of halogens is 3. The predicted molar refractivity (Wildman–Crippen MR) is 89.2 cm³/mol. The van der Waals surface area contributed by atoms with Gasteiger partial charge in [0.25, 0.3) is 11.7 Å². The lowest BCUT2D eigenvalue weighted by Crippen LogP contribution is -2.09. The van der Waals surface area contributed by atoms with Gasteiger partial charge in [0.1, 0.15) is 4.90 Å². The molecule has 0 radical (unpaired) electrons. The Morgan fingerprint density at radius 3 is 2.52 bits per heavy atom. The van der Waals surface area contributed by atoms with Crippen molar-refractivity contribution >= 4 is 23.7 Å². The van der Waals surface area contributed by atoms with E-state index < -0.39 is 11.7 Å². The Hall–Kier alpha value is -2.96. The molecule has 13 heteroatoms. The van der Waals surface area contributed by atoms with Crippen molar-refractivity contribution in [1.29, 1.82) is 0 Å². The van der Waals surface area contributed by atoms with Crippen LogP contribution in [-0.2, 0) is 6.18 Å². The van der Waals surface area contributed by atoms with Crippen LogP contribution in [0, 0.1) is 0 Å². The first-order chi connectivity index (χ1) is 12.9. The number of ether oxygens (including phenoxy) is 3. The molecule has 0 saturated heterocycles. The van der Waals surface area contributed by atoms with Crippen LogP contribution >= 0.6 is 11.9 Å². The number of hydrogen-bond donors (Lipinski definition) is 1. The molecule has 1 N–H and O–H groups in total. The number of nitrogens with zero attached hydrogens (tertiary/aromatic N) is 5. The van der Waals surface area contributed by atoms with Gasteiger partial charge in [-0.25, -0.2) is 4.98 Å². The summed E-state index contributed by atoms with van der Waals surface area (Å²) in [5, 5.41) is 4.11. The van der Waals surface area contributed by atoms with Crippen LogP contribution in [0.1, 0.15) is 5.56 Å². The second-order valence-corrected chi connectivity index (χ2v) is 5.70. The van der Waals surface area contributed by atoms with Gasteiger partial charge < -0.3 is 14.2 Å². The van der Waals surface area contributed by atoms with Gasteiger partial charge in [0, 0.05) is 6.20 Å². The van der Waals surface area contributed by atoms with Crippen LogP contribution in [0.2, 0.25) is 0 Å². The minimum atomic E-state index is -4.58. The lowest BCUT2D eigenvalue weighted by Gasteiger charge is -2.14. The van der Waals surface area contributed by atoms with Crippen LogP contribution in [0.5, 0.6) is 17.6 Å². The van der Waals surface area contributed by atoms with Gasteiger partial charge in [-0.05, 0) is 18.0 Å². The first-order valence-corrected chi connectivity index (χ1v) is 8.08. The van der Waals surface area contributed by atoms with E-state index in [0.29, 0.717) is 11.9 Å². The molecule has 0 bridgehead atoms. The predicted octanol–water partition coefficient (Wildman–Crippen LogP) is 2.68. The minimum absolute atomic E-state index is 0.0121. The number of aromatic nitrogens is 5. The topological polar surface area (TPSA) is 95.7 Å². The summed E-state index contributed by atoms with van der Waals surface area (Å²) < 4.78 is 58.8. The van der Waals surface area contributed by atoms with E-state index in [1.165, 1.54) is 31.9 Å². The Labute approximate surface area is 155 Å². The lowest BCUT2D eigenvalue weighted by molar-refractivity contribution is -0.140. The highest BCUT2D eigenvalue weighted by Crippen LogP contribution is 2.40. The minimum Gasteiger partial charge on any atom is -0.481 e. The van der Waals surface area contributed by atoms with E-state index in [1.54, 1.807) is 0 Å². The maximum atomic E-state index is 13.2. The van der Waals surface area contributed by atoms with E-state index in [0.717, 1.165) is 12.3 Å². The zero-order chi connectivity index (χ0) is 19.6. The van der Waals surface area contributed by atoms with E-state index in [2.05, 4.69) is 24.8 Å². The fraction of sp³-hybridized carbons (Fsp3) is 0.286. The number of hydrogen-bond acceptors (Lipinski definition) is 9. The summed E-state index contributed by atoms with van der Waals surface area (Å²) in [5.41, 5.74) is -0.895. The summed E-state index contributed by atoms with van der Waals surface area (Å²) in [4.78, 5) is 11.7. The largest absolute Gasteiger partial charge is 0.481 e. The second-order valence-electron chi connectivity index (χ2n) is 4.89. The van der Waals surface area contributed by atoms with Crippen LogP contribution in [-0.4, -0.2) is 45.9 Å². The van der Waals surface area contributed by atoms with Crippen LogP contribution in [0.25, 0.3) is 5.78 Å². The molecule has 0 saturated carbocycles. The third-order valence-electron chi connectivity index (χ3n) is 3.29. The summed E-state index contributed by atoms with van der Waals surface area (Å²) in [5.74, 6) is 0.515. The van der Waals surface area contributed by atoms with Crippen molar-refractivity contribution in [3.8, 4) is 17.6 Å². The molecule has 0 atom stereocenters. The van der Waals surface area contributed by atoms with Crippen molar-refractivity contribution in [2.75, 3.05) is 26.1 Å². The quantitative estimate of drug-likeness (QED) is 0.624. The van der Waals surface area contributed by atoms with E-state index in [4.69, 9.17) is 14.2 Å². The number of nitrogens with one attached hydrogen (secondary N) is 1. The van der Waals surface area contributed by atoms with Crippen LogP contribution in [0.4, 0.5) is 19.1 Å². The first-order valence-electron chi connectivity index (χ1n) is 7.26. The number of rotatable bonds is 6. The zero-order valence-electron chi connectivity index (χ0n) is 14.2. The highest BCUT2D eigenvalue weighted by Gasteiger charge is 2.35. The molecule has 27 heavy (non-hydrogen) atoms. The van der Waals surface area contributed by atoms with E-state index in [1.807, 2.05) is 0 Å². The van der Waals surface area contributed by atoms with Crippen molar-refractivity contribution in [1.82, 2.24) is 24.6 Å². The summed E-state index contributed by atoms with van der Waals surface area (Å²) in [6.45, 7) is 0. The molecule has 0 aliphatic carbocycles. The molecule has 0 aliphatic rings. The summed E-state index contributed by atoms with van der Waals surface area (Å²) in [6, 6.07) is 2.35. The molecule has 0 aromatic carbocycles. The highest BCUT2D eigenvalue weighted by molar-refractivity contribution is 8.00. The molecular formula is C14H13F3N6O3S. The molecule has 9 nitrogen and oxygen atoms in total. The van der Waals surface area contributed by atoms with Gasteiger partial charge in [0.15, 0.2) is 0 Å². The zero-order valence-corrected chi connectivity index (χ0v) is 15.1. The number of methoxy groups -OCH3 is 3.